The van der Waals surface area contributed by atoms with E-state index in [1.807, 2.05) is 55.5 Å². The summed E-state index contributed by atoms with van der Waals surface area (Å²) >= 11 is 1.55. The molecule has 0 atom stereocenters. The van der Waals surface area contributed by atoms with E-state index in [-0.39, 0.29) is 5.91 Å². The minimum absolute atomic E-state index is 0.0587. The van der Waals surface area contributed by atoms with Crippen molar-refractivity contribution in [3.8, 4) is 5.75 Å². The molecule has 5 heteroatoms. The SMILES string of the molecule is CCCCN(C(=O)c1ccccc1OCC)c1nc2ccccc2s1. The lowest BCUT2D eigenvalue weighted by Crippen LogP contribution is -2.32. The molecular weight excluding hydrogens is 332 g/mol. The summed E-state index contributed by atoms with van der Waals surface area (Å²) in [4.78, 5) is 19.7. The van der Waals surface area contributed by atoms with Gasteiger partial charge in [-0.05, 0) is 37.6 Å². The molecule has 1 amide bonds. The molecule has 130 valence electrons. The summed E-state index contributed by atoms with van der Waals surface area (Å²) in [6.45, 7) is 5.22. The second kappa shape index (κ2) is 8.12. The fourth-order valence-corrected chi connectivity index (χ4v) is 3.64. The number of unbranched alkanes of at least 4 members (excludes halogenated alkanes) is 1. The Morgan fingerprint density at radius 2 is 1.88 bits per heavy atom. The number of rotatable bonds is 7. The third-order valence-electron chi connectivity index (χ3n) is 3.91. The quantitative estimate of drug-likeness (QED) is 0.590. The number of nitrogens with zero attached hydrogens (tertiary/aromatic N) is 2. The Balaban J connectivity index is 1.99. The number of carbonyl (C=O) groups is 1. The van der Waals surface area contributed by atoms with Crippen molar-refractivity contribution < 1.29 is 9.53 Å². The van der Waals surface area contributed by atoms with E-state index in [9.17, 15) is 4.79 Å². The van der Waals surface area contributed by atoms with Crippen LogP contribution in [0, 0.1) is 0 Å². The number of carbonyl (C=O) groups excluding carboxylic acids is 1. The van der Waals surface area contributed by atoms with Crippen molar-refractivity contribution >= 4 is 32.6 Å². The Hall–Kier alpha value is -2.40. The molecule has 1 aromatic heterocycles. The largest absolute Gasteiger partial charge is 0.493 e. The molecule has 2 aromatic carbocycles. The summed E-state index contributed by atoms with van der Waals surface area (Å²) < 4.78 is 6.73. The molecular formula is C20H22N2O2S. The maximum atomic E-state index is 13.2. The molecule has 1 heterocycles. The average Bonchev–Trinajstić information content (AvgIpc) is 3.06. The molecule has 0 aliphatic carbocycles. The van der Waals surface area contributed by atoms with Crippen LogP contribution in [0.3, 0.4) is 0 Å². The van der Waals surface area contributed by atoms with Crippen molar-refractivity contribution in [1.82, 2.24) is 4.98 Å². The number of fused-ring (bicyclic) bond motifs is 1. The molecule has 0 radical (unpaired) electrons. The predicted molar refractivity (Wildman–Crippen MR) is 104 cm³/mol. The van der Waals surface area contributed by atoms with Crippen molar-refractivity contribution in [2.75, 3.05) is 18.1 Å². The maximum Gasteiger partial charge on any atom is 0.263 e. The van der Waals surface area contributed by atoms with E-state index in [0.717, 1.165) is 28.2 Å². The molecule has 0 bridgehead atoms. The fraction of sp³-hybridized carbons (Fsp3) is 0.300. The lowest BCUT2D eigenvalue weighted by atomic mass is 10.1. The summed E-state index contributed by atoms with van der Waals surface area (Å²) in [5, 5.41) is 0.742. The van der Waals surface area contributed by atoms with Crippen LogP contribution in [0.5, 0.6) is 5.75 Å². The van der Waals surface area contributed by atoms with Gasteiger partial charge in [0.05, 0.1) is 22.4 Å². The fourth-order valence-electron chi connectivity index (χ4n) is 2.65. The number of thiazole rings is 1. The van der Waals surface area contributed by atoms with E-state index < -0.39 is 0 Å². The van der Waals surface area contributed by atoms with Crippen LogP contribution in [0.1, 0.15) is 37.0 Å². The van der Waals surface area contributed by atoms with Gasteiger partial charge in [-0.3, -0.25) is 9.69 Å². The van der Waals surface area contributed by atoms with Crippen LogP contribution in [0.25, 0.3) is 10.2 Å². The minimum atomic E-state index is -0.0587. The van der Waals surface area contributed by atoms with Gasteiger partial charge >= 0.3 is 0 Å². The third-order valence-corrected chi connectivity index (χ3v) is 4.97. The van der Waals surface area contributed by atoms with Gasteiger partial charge in [-0.25, -0.2) is 4.98 Å². The van der Waals surface area contributed by atoms with E-state index in [4.69, 9.17) is 4.74 Å². The van der Waals surface area contributed by atoms with Gasteiger partial charge in [0.2, 0.25) is 0 Å². The first kappa shape index (κ1) is 17.4. The van der Waals surface area contributed by atoms with Crippen LogP contribution in [0.15, 0.2) is 48.5 Å². The summed E-state index contributed by atoms with van der Waals surface area (Å²) in [7, 11) is 0. The molecule has 0 aliphatic heterocycles. The molecule has 25 heavy (non-hydrogen) atoms. The zero-order chi connectivity index (χ0) is 17.6. The van der Waals surface area contributed by atoms with Crippen LogP contribution in [-0.4, -0.2) is 24.0 Å². The van der Waals surface area contributed by atoms with Crippen molar-refractivity contribution in [3.63, 3.8) is 0 Å². The second-order valence-electron chi connectivity index (χ2n) is 5.70. The van der Waals surface area contributed by atoms with E-state index in [2.05, 4.69) is 11.9 Å². The smallest absolute Gasteiger partial charge is 0.263 e. The predicted octanol–water partition coefficient (Wildman–Crippen LogP) is 5.14. The second-order valence-corrected chi connectivity index (χ2v) is 6.71. The Kier molecular flexibility index (Phi) is 5.66. The zero-order valence-corrected chi connectivity index (χ0v) is 15.4. The highest BCUT2D eigenvalue weighted by Gasteiger charge is 2.23. The summed E-state index contributed by atoms with van der Waals surface area (Å²) in [5.74, 6) is 0.564. The molecule has 0 unspecified atom stereocenters. The van der Waals surface area contributed by atoms with Crippen LogP contribution >= 0.6 is 11.3 Å². The molecule has 0 N–H and O–H groups in total. The number of para-hydroxylation sites is 2. The van der Waals surface area contributed by atoms with Crippen molar-refractivity contribution in [2.24, 2.45) is 0 Å². The summed E-state index contributed by atoms with van der Waals surface area (Å²) in [6.07, 6.45) is 1.94. The van der Waals surface area contributed by atoms with Gasteiger partial charge in [-0.1, -0.05) is 48.9 Å². The van der Waals surface area contributed by atoms with Gasteiger partial charge in [-0.2, -0.15) is 0 Å². The number of aromatic nitrogens is 1. The van der Waals surface area contributed by atoms with Crippen LogP contribution in [-0.2, 0) is 0 Å². The zero-order valence-electron chi connectivity index (χ0n) is 14.6. The lowest BCUT2D eigenvalue weighted by Gasteiger charge is -2.21. The highest BCUT2D eigenvalue weighted by atomic mass is 32.1. The molecule has 4 nitrogen and oxygen atoms in total. The van der Waals surface area contributed by atoms with Crippen LogP contribution in [0.2, 0.25) is 0 Å². The number of hydrogen-bond acceptors (Lipinski definition) is 4. The van der Waals surface area contributed by atoms with Gasteiger partial charge in [0.15, 0.2) is 5.13 Å². The van der Waals surface area contributed by atoms with Crippen LogP contribution in [0.4, 0.5) is 5.13 Å². The molecule has 0 spiro atoms. The highest BCUT2D eigenvalue weighted by molar-refractivity contribution is 7.22. The Bertz CT molecular complexity index is 827. The molecule has 3 rings (SSSR count). The number of anilines is 1. The van der Waals surface area contributed by atoms with Gasteiger partial charge in [0.25, 0.3) is 5.91 Å². The normalized spacial score (nSPS) is 10.8. The van der Waals surface area contributed by atoms with Gasteiger partial charge in [0.1, 0.15) is 5.75 Å². The number of amides is 1. The van der Waals surface area contributed by atoms with E-state index in [1.54, 1.807) is 16.2 Å². The maximum absolute atomic E-state index is 13.2. The first-order valence-corrected chi connectivity index (χ1v) is 9.45. The van der Waals surface area contributed by atoms with Gasteiger partial charge in [0, 0.05) is 6.54 Å². The molecule has 0 saturated heterocycles. The summed E-state index contributed by atoms with van der Waals surface area (Å²) in [6, 6.07) is 15.4. The number of hydrogen-bond donors (Lipinski definition) is 0. The van der Waals surface area contributed by atoms with Crippen molar-refractivity contribution in [3.05, 3.63) is 54.1 Å². The first-order valence-electron chi connectivity index (χ1n) is 8.63. The Labute approximate surface area is 152 Å². The van der Waals surface area contributed by atoms with Gasteiger partial charge in [-0.15, -0.1) is 0 Å². The molecule has 3 aromatic rings. The lowest BCUT2D eigenvalue weighted by molar-refractivity contribution is 0.0983. The number of ether oxygens (including phenoxy) is 1. The third kappa shape index (κ3) is 3.82. The molecule has 0 saturated carbocycles. The van der Waals surface area contributed by atoms with Gasteiger partial charge < -0.3 is 4.74 Å². The average molecular weight is 354 g/mol. The highest BCUT2D eigenvalue weighted by Crippen LogP contribution is 2.31. The monoisotopic (exact) mass is 354 g/mol. The number of benzene rings is 2. The molecule has 0 fully saturated rings. The minimum Gasteiger partial charge on any atom is -0.493 e. The standard InChI is InChI=1S/C20H22N2O2S/c1-3-5-14-22(20-21-16-11-7-9-13-18(16)25-20)19(23)15-10-6-8-12-17(15)24-4-2/h6-13H,3-5,14H2,1-2H3. The summed E-state index contributed by atoms with van der Waals surface area (Å²) in [5.41, 5.74) is 1.51. The van der Waals surface area contributed by atoms with E-state index in [0.29, 0.717) is 24.5 Å². The van der Waals surface area contributed by atoms with E-state index in [1.165, 1.54) is 0 Å². The molecule has 0 aliphatic rings. The van der Waals surface area contributed by atoms with Crippen molar-refractivity contribution in [1.29, 1.82) is 0 Å². The van der Waals surface area contributed by atoms with E-state index >= 15 is 0 Å². The Morgan fingerprint density at radius 1 is 1.12 bits per heavy atom. The first-order chi connectivity index (χ1) is 12.2. The van der Waals surface area contributed by atoms with Crippen LogP contribution < -0.4 is 9.64 Å². The topological polar surface area (TPSA) is 42.4 Å². The van der Waals surface area contributed by atoms with Crippen molar-refractivity contribution in [2.45, 2.75) is 26.7 Å². The Morgan fingerprint density at radius 3 is 2.64 bits per heavy atom.